The molecule has 1 rings (SSSR count). The Morgan fingerprint density at radius 1 is 1.17 bits per heavy atom. The van der Waals surface area contributed by atoms with E-state index in [0.717, 1.165) is 5.70 Å². The second kappa shape index (κ2) is 4.34. The summed E-state index contributed by atoms with van der Waals surface area (Å²) in [5.41, 5.74) is 2.17. The van der Waals surface area contributed by atoms with Gasteiger partial charge in [-0.2, -0.15) is 0 Å². The molecule has 1 nitrogen and oxygen atoms in total. The zero-order valence-corrected chi connectivity index (χ0v) is 8.03. The Bertz CT molecular complexity index is 175. The van der Waals surface area contributed by atoms with Crippen LogP contribution in [0.25, 0.3) is 0 Å². The van der Waals surface area contributed by atoms with Crippen LogP contribution in [0.4, 0.5) is 0 Å². The van der Waals surface area contributed by atoms with Crippen LogP contribution < -0.4 is 5.32 Å². The van der Waals surface area contributed by atoms with Gasteiger partial charge < -0.3 is 5.32 Å². The maximum Gasteiger partial charge on any atom is 0.0107 e. The normalized spacial score (nSPS) is 18.8. The molecule has 1 aliphatic rings. The lowest BCUT2D eigenvalue weighted by molar-refractivity contribution is 0.392. The van der Waals surface area contributed by atoms with Crippen LogP contribution in [0.3, 0.4) is 0 Å². The lowest BCUT2D eigenvalue weighted by Gasteiger charge is -2.24. The van der Waals surface area contributed by atoms with Crippen LogP contribution in [0.5, 0.6) is 0 Å². The van der Waals surface area contributed by atoms with Crippen LogP contribution >= 0.6 is 0 Å². The van der Waals surface area contributed by atoms with Gasteiger partial charge in [0.1, 0.15) is 0 Å². The van der Waals surface area contributed by atoms with Crippen molar-refractivity contribution in [3.8, 4) is 0 Å². The van der Waals surface area contributed by atoms with Crippen molar-refractivity contribution >= 4 is 0 Å². The highest BCUT2D eigenvalue weighted by Gasteiger charge is 2.15. The fourth-order valence-corrected chi connectivity index (χ4v) is 1.83. The van der Waals surface area contributed by atoms with Gasteiger partial charge >= 0.3 is 0 Å². The first-order chi connectivity index (χ1) is 5.70. The molecule has 1 heteroatoms. The van der Waals surface area contributed by atoms with Crippen molar-refractivity contribution in [2.24, 2.45) is 5.92 Å². The molecule has 0 atom stereocenters. The van der Waals surface area contributed by atoms with Crippen LogP contribution in [0.1, 0.15) is 39.0 Å². The van der Waals surface area contributed by atoms with Gasteiger partial charge in [0.25, 0.3) is 0 Å². The second-order valence-electron chi connectivity index (χ2n) is 3.77. The van der Waals surface area contributed by atoms with E-state index in [0.29, 0.717) is 5.92 Å². The highest BCUT2D eigenvalue weighted by atomic mass is 14.9. The first-order valence-corrected chi connectivity index (χ1v) is 4.81. The first kappa shape index (κ1) is 9.37. The summed E-state index contributed by atoms with van der Waals surface area (Å²) in [7, 11) is 0. The molecule has 1 N–H and O–H groups in total. The van der Waals surface area contributed by atoms with E-state index < -0.39 is 0 Å². The van der Waals surface area contributed by atoms with Crippen LogP contribution in [0.15, 0.2) is 24.6 Å². The molecule has 1 fully saturated rings. The fourth-order valence-electron chi connectivity index (χ4n) is 1.83. The van der Waals surface area contributed by atoms with Gasteiger partial charge in [-0.15, -0.1) is 0 Å². The Kier molecular flexibility index (Phi) is 3.39. The molecule has 0 radical (unpaired) electrons. The van der Waals surface area contributed by atoms with Crippen molar-refractivity contribution in [1.82, 2.24) is 5.32 Å². The molecule has 0 spiro atoms. The summed E-state index contributed by atoms with van der Waals surface area (Å²) in [6.07, 6.45) is 6.73. The molecular weight excluding hydrogens is 146 g/mol. The molecule has 0 aromatic heterocycles. The Labute approximate surface area is 75.6 Å². The van der Waals surface area contributed by atoms with Crippen LogP contribution in [0.2, 0.25) is 0 Å². The molecular formula is C11H19N. The topological polar surface area (TPSA) is 12.0 Å². The first-order valence-electron chi connectivity index (χ1n) is 4.81. The molecule has 0 aliphatic heterocycles. The number of nitrogens with one attached hydrogen (secondary N) is 1. The summed E-state index contributed by atoms with van der Waals surface area (Å²) in [6, 6.07) is 0. The van der Waals surface area contributed by atoms with Gasteiger partial charge in [-0.1, -0.05) is 32.4 Å². The lowest BCUT2D eigenvalue weighted by atomic mass is 9.87. The van der Waals surface area contributed by atoms with Crippen molar-refractivity contribution in [2.75, 3.05) is 0 Å². The average molecular weight is 165 g/mol. The predicted molar refractivity (Wildman–Crippen MR) is 53.7 cm³/mol. The summed E-state index contributed by atoms with van der Waals surface area (Å²) < 4.78 is 0. The minimum atomic E-state index is 0.690. The van der Waals surface area contributed by atoms with Crippen molar-refractivity contribution < 1.29 is 0 Å². The molecule has 1 aliphatic carbocycles. The zero-order chi connectivity index (χ0) is 8.97. The van der Waals surface area contributed by atoms with Gasteiger partial charge in [0.15, 0.2) is 0 Å². The average Bonchev–Trinajstić information content (AvgIpc) is 2.05. The third-order valence-corrected chi connectivity index (χ3v) is 2.47. The van der Waals surface area contributed by atoms with E-state index in [2.05, 4.69) is 18.5 Å². The SMILES string of the molecule is C=C(C)NC(=C)C1CCCCC1. The number of rotatable bonds is 3. The molecule has 0 heterocycles. The van der Waals surface area contributed by atoms with E-state index in [9.17, 15) is 0 Å². The summed E-state index contributed by atoms with van der Waals surface area (Å²) in [6.45, 7) is 9.84. The van der Waals surface area contributed by atoms with Crippen LogP contribution in [-0.2, 0) is 0 Å². The van der Waals surface area contributed by atoms with Crippen LogP contribution in [0, 0.1) is 5.92 Å². The van der Waals surface area contributed by atoms with Gasteiger partial charge in [-0.3, -0.25) is 0 Å². The van der Waals surface area contributed by atoms with E-state index in [1.807, 2.05) is 6.92 Å². The summed E-state index contributed by atoms with van der Waals surface area (Å²) >= 11 is 0. The number of hydrogen-bond acceptors (Lipinski definition) is 1. The fraction of sp³-hybridized carbons (Fsp3) is 0.636. The highest BCUT2D eigenvalue weighted by Crippen LogP contribution is 2.27. The Morgan fingerprint density at radius 2 is 1.75 bits per heavy atom. The largest absolute Gasteiger partial charge is 0.363 e. The Balaban J connectivity index is 2.34. The van der Waals surface area contributed by atoms with E-state index in [1.165, 1.54) is 37.8 Å². The highest BCUT2D eigenvalue weighted by molar-refractivity contribution is 5.06. The Hall–Kier alpha value is -0.720. The maximum atomic E-state index is 4.05. The molecule has 0 aromatic rings. The third kappa shape index (κ3) is 2.72. The van der Waals surface area contributed by atoms with Gasteiger partial charge in [0, 0.05) is 11.4 Å². The van der Waals surface area contributed by atoms with Crippen molar-refractivity contribution in [1.29, 1.82) is 0 Å². The van der Waals surface area contributed by atoms with E-state index in [-0.39, 0.29) is 0 Å². The molecule has 68 valence electrons. The second-order valence-corrected chi connectivity index (χ2v) is 3.77. The van der Waals surface area contributed by atoms with E-state index in [4.69, 9.17) is 0 Å². The van der Waals surface area contributed by atoms with Crippen molar-refractivity contribution in [2.45, 2.75) is 39.0 Å². The molecule has 0 amide bonds. The number of hydrogen-bond donors (Lipinski definition) is 1. The van der Waals surface area contributed by atoms with Crippen molar-refractivity contribution in [3.05, 3.63) is 24.6 Å². The minimum absolute atomic E-state index is 0.690. The van der Waals surface area contributed by atoms with E-state index in [1.54, 1.807) is 0 Å². The molecule has 1 saturated carbocycles. The zero-order valence-electron chi connectivity index (χ0n) is 8.03. The summed E-state index contributed by atoms with van der Waals surface area (Å²) in [5.74, 6) is 0.690. The molecule has 0 saturated heterocycles. The van der Waals surface area contributed by atoms with Gasteiger partial charge in [0.05, 0.1) is 0 Å². The lowest BCUT2D eigenvalue weighted by Crippen LogP contribution is -2.19. The number of allylic oxidation sites excluding steroid dienone is 2. The predicted octanol–water partition coefficient (Wildman–Crippen LogP) is 3.20. The monoisotopic (exact) mass is 165 g/mol. The summed E-state index contributed by atoms with van der Waals surface area (Å²) in [5, 5.41) is 3.22. The quantitative estimate of drug-likeness (QED) is 0.677. The molecule has 0 aromatic carbocycles. The van der Waals surface area contributed by atoms with Gasteiger partial charge in [-0.05, 0) is 25.7 Å². The third-order valence-electron chi connectivity index (χ3n) is 2.47. The smallest absolute Gasteiger partial charge is 0.0107 e. The minimum Gasteiger partial charge on any atom is -0.363 e. The molecule has 0 bridgehead atoms. The van der Waals surface area contributed by atoms with Gasteiger partial charge in [-0.25, -0.2) is 0 Å². The summed E-state index contributed by atoms with van der Waals surface area (Å²) in [4.78, 5) is 0. The molecule has 12 heavy (non-hydrogen) atoms. The maximum absolute atomic E-state index is 4.05. The van der Waals surface area contributed by atoms with Crippen LogP contribution in [-0.4, -0.2) is 0 Å². The Morgan fingerprint density at radius 3 is 2.25 bits per heavy atom. The standard InChI is InChI=1S/C11H19N/c1-9(2)12-10(3)11-7-5-4-6-8-11/h11-12H,1,3-8H2,2H3. The van der Waals surface area contributed by atoms with Crippen molar-refractivity contribution in [3.63, 3.8) is 0 Å². The van der Waals surface area contributed by atoms with Gasteiger partial charge in [0.2, 0.25) is 0 Å². The van der Waals surface area contributed by atoms with E-state index >= 15 is 0 Å². The molecule has 0 unspecified atom stereocenters.